The number of likely N-dealkylation sites (N-methyl/N-ethyl adjacent to an activating group) is 1. The third kappa shape index (κ3) is 3.51. The first-order chi connectivity index (χ1) is 11.1. The number of methoxy groups -OCH3 is 1. The first-order valence-corrected chi connectivity index (χ1v) is 8.36. The van der Waals surface area contributed by atoms with Crippen LogP contribution in [-0.2, 0) is 16.1 Å². The lowest BCUT2D eigenvalue weighted by atomic mass is 9.81. The first-order valence-electron chi connectivity index (χ1n) is 8.36. The Morgan fingerprint density at radius 2 is 2.13 bits per heavy atom. The molecular weight excluding hydrogens is 292 g/mol. The summed E-state index contributed by atoms with van der Waals surface area (Å²) >= 11 is 0. The molecule has 0 unspecified atom stereocenters. The summed E-state index contributed by atoms with van der Waals surface area (Å²) in [7, 11) is 3.44. The molecule has 1 saturated carbocycles. The second kappa shape index (κ2) is 6.89. The van der Waals surface area contributed by atoms with Crippen molar-refractivity contribution in [1.29, 1.82) is 0 Å². The zero-order chi connectivity index (χ0) is 16.3. The van der Waals surface area contributed by atoms with E-state index in [9.17, 15) is 4.79 Å². The molecule has 0 radical (unpaired) electrons. The van der Waals surface area contributed by atoms with Crippen molar-refractivity contribution in [3.05, 3.63) is 29.8 Å². The van der Waals surface area contributed by atoms with Crippen LogP contribution in [0, 0.1) is 0 Å². The molecule has 5 nitrogen and oxygen atoms in total. The third-order valence-electron chi connectivity index (χ3n) is 5.14. The molecule has 2 aliphatic rings. The highest BCUT2D eigenvalue weighted by atomic mass is 16.5. The number of carbonyl (C=O) groups excluding carboxylic acids is 1. The van der Waals surface area contributed by atoms with Gasteiger partial charge in [0, 0.05) is 38.9 Å². The van der Waals surface area contributed by atoms with Crippen LogP contribution in [0.1, 0.15) is 31.2 Å². The number of para-hydroxylation sites is 1. The number of hydrogen-bond acceptors (Lipinski definition) is 4. The van der Waals surface area contributed by atoms with Crippen molar-refractivity contribution in [2.75, 3.05) is 27.3 Å². The molecule has 1 amide bonds. The van der Waals surface area contributed by atoms with Gasteiger partial charge in [0.15, 0.2) is 0 Å². The van der Waals surface area contributed by atoms with Crippen molar-refractivity contribution in [2.24, 2.45) is 0 Å². The third-order valence-corrected chi connectivity index (χ3v) is 5.14. The van der Waals surface area contributed by atoms with E-state index in [4.69, 9.17) is 9.47 Å². The lowest BCUT2D eigenvalue weighted by molar-refractivity contribution is -0.137. The average Bonchev–Trinajstić information content (AvgIpc) is 2.74. The highest BCUT2D eigenvalue weighted by molar-refractivity contribution is 5.77. The molecule has 1 aliphatic heterocycles. The molecule has 126 valence electrons. The molecule has 1 aromatic carbocycles. The molecule has 1 fully saturated rings. The van der Waals surface area contributed by atoms with Gasteiger partial charge in [-0.3, -0.25) is 4.79 Å². The van der Waals surface area contributed by atoms with Crippen LogP contribution >= 0.6 is 0 Å². The molecule has 1 aliphatic carbocycles. The summed E-state index contributed by atoms with van der Waals surface area (Å²) in [5.41, 5.74) is 1.08. The van der Waals surface area contributed by atoms with Crippen LogP contribution < -0.4 is 10.1 Å². The van der Waals surface area contributed by atoms with Gasteiger partial charge in [-0.15, -0.1) is 0 Å². The predicted molar refractivity (Wildman–Crippen MR) is 88.4 cm³/mol. The number of ether oxygens (including phenoxy) is 2. The van der Waals surface area contributed by atoms with Crippen molar-refractivity contribution in [2.45, 2.75) is 43.9 Å². The summed E-state index contributed by atoms with van der Waals surface area (Å²) in [6.45, 7) is 1.88. The SMILES string of the molecule is COCC(=O)N(C)C1CCC2(CC1)CNCc1ccccc1O2. The lowest BCUT2D eigenvalue weighted by Gasteiger charge is -2.42. The van der Waals surface area contributed by atoms with Crippen LogP contribution in [-0.4, -0.2) is 49.8 Å². The highest BCUT2D eigenvalue weighted by Gasteiger charge is 2.40. The molecule has 1 heterocycles. The number of amides is 1. The Balaban J connectivity index is 1.65. The number of nitrogens with one attached hydrogen (secondary N) is 1. The van der Waals surface area contributed by atoms with E-state index < -0.39 is 0 Å². The molecule has 0 aromatic heterocycles. The number of fused-ring (bicyclic) bond motifs is 1. The first kappa shape index (κ1) is 16.3. The maximum Gasteiger partial charge on any atom is 0.248 e. The molecule has 23 heavy (non-hydrogen) atoms. The summed E-state index contributed by atoms with van der Waals surface area (Å²) in [4.78, 5) is 13.8. The fourth-order valence-electron chi connectivity index (χ4n) is 3.67. The van der Waals surface area contributed by atoms with Gasteiger partial charge in [-0.1, -0.05) is 18.2 Å². The van der Waals surface area contributed by atoms with Gasteiger partial charge in [0.05, 0.1) is 0 Å². The van der Waals surface area contributed by atoms with Gasteiger partial charge >= 0.3 is 0 Å². The second-order valence-electron chi connectivity index (χ2n) is 6.67. The predicted octanol–water partition coefficient (Wildman–Crippen LogP) is 1.95. The zero-order valence-electron chi connectivity index (χ0n) is 14.0. The smallest absolute Gasteiger partial charge is 0.248 e. The van der Waals surface area contributed by atoms with Gasteiger partial charge in [0.25, 0.3) is 0 Å². The fourth-order valence-corrected chi connectivity index (χ4v) is 3.67. The van der Waals surface area contributed by atoms with Crippen LogP contribution in [0.5, 0.6) is 5.75 Å². The standard InChI is InChI=1S/C18H26N2O3/c1-20(17(21)12-22-2)15-7-9-18(10-8-15)13-19-11-14-5-3-4-6-16(14)23-18/h3-6,15,19H,7-13H2,1-2H3. The lowest BCUT2D eigenvalue weighted by Crippen LogP contribution is -2.51. The molecule has 0 saturated heterocycles. The van der Waals surface area contributed by atoms with Crippen molar-refractivity contribution >= 4 is 5.91 Å². The van der Waals surface area contributed by atoms with E-state index in [1.54, 1.807) is 7.11 Å². The quantitative estimate of drug-likeness (QED) is 0.925. The minimum Gasteiger partial charge on any atom is -0.486 e. The van der Waals surface area contributed by atoms with E-state index >= 15 is 0 Å². The fraction of sp³-hybridized carbons (Fsp3) is 0.611. The molecule has 3 rings (SSSR count). The normalized spacial score (nSPS) is 27.0. The topological polar surface area (TPSA) is 50.8 Å². The highest BCUT2D eigenvalue weighted by Crippen LogP contribution is 2.37. The zero-order valence-corrected chi connectivity index (χ0v) is 14.0. The maximum atomic E-state index is 12.0. The van der Waals surface area contributed by atoms with Crippen molar-refractivity contribution in [3.63, 3.8) is 0 Å². The number of carbonyl (C=O) groups is 1. The molecule has 1 spiro atoms. The number of nitrogens with zero attached hydrogens (tertiary/aromatic N) is 1. The summed E-state index contributed by atoms with van der Waals surface area (Å²) in [5.74, 6) is 1.05. The van der Waals surface area contributed by atoms with Gasteiger partial charge in [-0.05, 0) is 31.7 Å². The average molecular weight is 318 g/mol. The van der Waals surface area contributed by atoms with Gasteiger partial charge in [-0.2, -0.15) is 0 Å². The Labute approximate surface area is 137 Å². The molecule has 0 atom stereocenters. The number of hydrogen-bond donors (Lipinski definition) is 1. The molecule has 0 bridgehead atoms. The van der Waals surface area contributed by atoms with Crippen molar-refractivity contribution in [3.8, 4) is 5.75 Å². The largest absolute Gasteiger partial charge is 0.486 e. The van der Waals surface area contributed by atoms with Gasteiger partial charge in [0.2, 0.25) is 5.91 Å². The van der Waals surface area contributed by atoms with Crippen LogP contribution in [0.15, 0.2) is 24.3 Å². The number of rotatable bonds is 3. The van der Waals surface area contributed by atoms with Gasteiger partial charge in [-0.25, -0.2) is 0 Å². The van der Waals surface area contributed by atoms with Crippen LogP contribution in [0.25, 0.3) is 0 Å². The molecule has 5 heteroatoms. The Kier molecular flexibility index (Phi) is 4.87. The van der Waals surface area contributed by atoms with Gasteiger partial charge in [0.1, 0.15) is 18.0 Å². The van der Waals surface area contributed by atoms with Crippen molar-refractivity contribution < 1.29 is 14.3 Å². The van der Waals surface area contributed by atoms with E-state index in [1.165, 1.54) is 5.56 Å². The Morgan fingerprint density at radius 3 is 2.87 bits per heavy atom. The van der Waals surface area contributed by atoms with Crippen LogP contribution in [0.2, 0.25) is 0 Å². The Morgan fingerprint density at radius 1 is 1.39 bits per heavy atom. The molecule has 1 N–H and O–H groups in total. The monoisotopic (exact) mass is 318 g/mol. The Hall–Kier alpha value is -1.59. The van der Waals surface area contributed by atoms with E-state index in [1.807, 2.05) is 18.0 Å². The molecule has 1 aromatic rings. The van der Waals surface area contributed by atoms with E-state index in [0.717, 1.165) is 44.5 Å². The molecular formula is C18H26N2O3. The van der Waals surface area contributed by atoms with Gasteiger partial charge < -0.3 is 19.7 Å². The van der Waals surface area contributed by atoms with E-state index in [2.05, 4.69) is 23.5 Å². The number of benzene rings is 1. The second-order valence-corrected chi connectivity index (χ2v) is 6.67. The van der Waals surface area contributed by atoms with E-state index in [-0.39, 0.29) is 24.2 Å². The summed E-state index contributed by atoms with van der Waals surface area (Å²) in [6.07, 6.45) is 3.86. The van der Waals surface area contributed by atoms with E-state index in [0.29, 0.717) is 0 Å². The van der Waals surface area contributed by atoms with Crippen LogP contribution in [0.4, 0.5) is 0 Å². The minimum absolute atomic E-state index is 0.0544. The summed E-state index contributed by atoms with van der Waals surface area (Å²) < 4.78 is 11.4. The Bertz CT molecular complexity index is 553. The summed E-state index contributed by atoms with van der Waals surface area (Å²) in [5, 5.41) is 3.53. The van der Waals surface area contributed by atoms with Crippen LogP contribution in [0.3, 0.4) is 0 Å². The maximum absolute atomic E-state index is 12.0. The summed E-state index contributed by atoms with van der Waals surface area (Å²) in [6, 6.07) is 8.54. The minimum atomic E-state index is -0.145. The van der Waals surface area contributed by atoms with Crippen molar-refractivity contribution in [1.82, 2.24) is 10.2 Å².